The van der Waals surface area contributed by atoms with Crippen LogP contribution in [0.25, 0.3) is 0 Å². The van der Waals surface area contributed by atoms with E-state index in [0.29, 0.717) is 6.42 Å². The first-order valence-corrected chi connectivity index (χ1v) is 6.81. The van der Waals surface area contributed by atoms with Crippen molar-refractivity contribution < 1.29 is 14.6 Å². The minimum absolute atomic E-state index is 0.123. The SMILES string of the molecule is CCCC(NC1CCc2ccc(OC)cc21)C(=O)O. The molecular formula is C15H21NO3. The molecule has 0 amide bonds. The molecule has 2 rings (SSSR count). The van der Waals surface area contributed by atoms with Crippen LogP contribution in [0.4, 0.5) is 0 Å². The van der Waals surface area contributed by atoms with Gasteiger partial charge in [0.2, 0.25) is 0 Å². The van der Waals surface area contributed by atoms with E-state index in [-0.39, 0.29) is 6.04 Å². The summed E-state index contributed by atoms with van der Waals surface area (Å²) in [6.07, 6.45) is 3.47. The average molecular weight is 263 g/mol. The fourth-order valence-corrected chi connectivity index (χ4v) is 2.69. The van der Waals surface area contributed by atoms with E-state index in [1.165, 1.54) is 11.1 Å². The Labute approximate surface area is 113 Å². The molecule has 0 aliphatic heterocycles. The highest BCUT2D eigenvalue weighted by atomic mass is 16.5. The van der Waals surface area contributed by atoms with E-state index in [4.69, 9.17) is 4.74 Å². The highest BCUT2D eigenvalue weighted by Crippen LogP contribution is 2.34. The Morgan fingerprint density at radius 2 is 2.37 bits per heavy atom. The molecule has 1 aliphatic carbocycles. The van der Waals surface area contributed by atoms with Crippen LogP contribution in [0.2, 0.25) is 0 Å². The topological polar surface area (TPSA) is 58.6 Å². The summed E-state index contributed by atoms with van der Waals surface area (Å²) in [4.78, 5) is 11.2. The number of carboxylic acid groups (broad SMARTS) is 1. The molecule has 0 radical (unpaired) electrons. The number of methoxy groups -OCH3 is 1. The summed E-state index contributed by atoms with van der Waals surface area (Å²) in [5, 5.41) is 12.5. The summed E-state index contributed by atoms with van der Waals surface area (Å²) in [7, 11) is 1.65. The normalized spacial score (nSPS) is 18.9. The molecule has 0 bridgehead atoms. The third-order valence-electron chi connectivity index (χ3n) is 3.71. The molecule has 0 aromatic heterocycles. The Hall–Kier alpha value is -1.55. The first-order valence-electron chi connectivity index (χ1n) is 6.81. The molecular weight excluding hydrogens is 242 g/mol. The highest BCUT2D eigenvalue weighted by Gasteiger charge is 2.27. The fraction of sp³-hybridized carbons (Fsp3) is 0.533. The number of carbonyl (C=O) groups is 1. The van der Waals surface area contributed by atoms with E-state index in [2.05, 4.69) is 11.4 Å². The van der Waals surface area contributed by atoms with Crippen LogP contribution in [0.1, 0.15) is 43.4 Å². The van der Waals surface area contributed by atoms with Crippen molar-refractivity contribution in [3.63, 3.8) is 0 Å². The third kappa shape index (κ3) is 3.07. The quantitative estimate of drug-likeness (QED) is 0.828. The minimum Gasteiger partial charge on any atom is -0.497 e. The van der Waals surface area contributed by atoms with Crippen LogP contribution in [0.5, 0.6) is 5.75 Å². The number of benzene rings is 1. The zero-order chi connectivity index (χ0) is 13.8. The van der Waals surface area contributed by atoms with Gasteiger partial charge in [0, 0.05) is 6.04 Å². The molecule has 19 heavy (non-hydrogen) atoms. The van der Waals surface area contributed by atoms with Gasteiger partial charge in [-0.2, -0.15) is 0 Å². The van der Waals surface area contributed by atoms with Crippen LogP contribution in [0.3, 0.4) is 0 Å². The zero-order valence-electron chi connectivity index (χ0n) is 11.5. The largest absolute Gasteiger partial charge is 0.497 e. The molecule has 1 aliphatic rings. The lowest BCUT2D eigenvalue weighted by Gasteiger charge is -2.20. The molecule has 2 atom stereocenters. The van der Waals surface area contributed by atoms with Crippen molar-refractivity contribution in [1.82, 2.24) is 5.32 Å². The van der Waals surface area contributed by atoms with E-state index >= 15 is 0 Å². The number of aliphatic carboxylic acids is 1. The molecule has 0 saturated carbocycles. The molecule has 104 valence electrons. The Morgan fingerprint density at radius 3 is 3.00 bits per heavy atom. The molecule has 1 aromatic rings. The van der Waals surface area contributed by atoms with Gasteiger partial charge in [0.15, 0.2) is 0 Å². The van der Waals surface area contributed by atoms with E-state index in [0.717, 1.165) is 25.0 Å². The molecule has 0 spiro atoms. The summed E-state index contributed by atoms with van der Waals surface area (Å²) >= 11 is 0. The van der Waals surface area contributed by atoms with Gasteiger partial charge in [0.25, 0.3) is 0 Å². The number of rotatable bonds is 6. The van der Waals surface area contributed by atoms with Crippen molar-refractivity contribution in [2.24, 2.45) is 0 Å². The van der Waals surface area contributed by atoms with E-state index in [1.807, 2.05) is 19.1 Å². The standard InChI is InChI=1S/C15H21NO3/c1-3-4-14(15(17)18)16-13-8-6-10-5-7-11(19-2)9-12(10)13/h5,7,9,13-14,16H,3-4,6,8H2,1-2H3,(H,17,18). The number of fused-ring (bicyclic) bond motifs is 1. The lowest BCUT2D eigenvalue weighted by Crippen LogP contribution is -2.38. The zero-order valence-corrected chi connectivity index (χ0v) is 11.5. The maximum absolute atomic E-state index is 11.2. The lowest BCUT2D eigenvalue weighted by molar-refractivity contribution is -0.139. The third-order valence-corrected chi connectivity index (χ3v) is 3.71. The highest BCUT2D eigenvalue weighted by molar-refractivity contribution is 5.73. The van der Waals surface area contributed by atoms with Gasteiger partial charge in [-0.3, -0.25) is 10.1 Å². The van der Waals surface area contributed by atoms with Crippen LogP contribution >= 0.6 is 0 Å². The van der Waals surface area contributed by atoms with Crippen LogP contribution in [-0.2, 0) is 11.2 Å². The molecule has 4 nitrogen and oxygen atoms in total. The van der Waals surface area contributed by atoms with Crippen molar-refractivity contribution >= 4 is 5.97 Å². The Balaban J connectivity index is 2.14. The summed E-state index contributed by atoms with van der Waals surface area (Å²) in [5.41, 5.74) is 2.47. The van der Waals surface area contributed by atoms with Crippen molar-refractivity contribution in [3.8, 4) is 5.75 Å². The molecule has 0 heterocycles. The van der Waals surface area contributed by atoms with Crippen LogP contribution in [-0.4, -0.2) is 24.2 Å². The fourth-order valence-electron chi connectivity index (χ4n) is 2.69. The van der Waals surface area contributed by atoms with Gasteiger partial charge in [-0.05, 0) is 42.5 Å². The Morgan fingerprint density at radius 1 is 1.58 bits per heavy atom. The molecule has 2 N–H and O–H groups in total. The first kappa shape index (κ1) is 13.9. The Kier molecular flexibility index (Phi) is 4.43. The predicted molar refractivity (Wildman–Crippen MR) is 73.5 cm³/mol. The number of hydrogen-bond donors (Lipinski definition) is 2. The summed E-state index contributed by atoms with van der Waals surface area (Å²) < 4.78 is 5.24. The van der Waals surface area contributed by atoms with Crippen LogP contribution < -0.4 is 10.1 Å². The second-order valence-electron chi connectivity index (χ2n) is 5.00. The lowest BCUT2D eigenvalue weighted by atomic mass is 10.1. The Bertz CT molecular complexity index is 459. The van der Waals surface area contributed by atoms with Gasteiger partial charge >= 0.3 is 5.97 Å². The summed E-state index contributed by atoms with van der Waals surface area (Å²) in [6, 6.07) is 5.71. The molecule has 2 unspecified atom stereocenters. The average Bonchev–Trinajstić information content (AvgIpc) is 2.80. The maximum Gasteiger partial charge on any atom is 0.320 e. The molecule has 1 aromatic carbocycles. The number of carboxylic acids is 1. The summed E-state index contributed by atoms with van der Waals surface area (Å²) in [6.45, 7) is 2.00. The second kappa shape index (κ2) is 6.06. The van der Waals surface area contributed by atoms with Crippen molar-refractivity contribution in [2.75, 3.05) is 7.11 Å². The molecule has 0 saturated heterocycles. The van der Waals surface area contributed by atoms with Gasteiger partial charge in [-0.25, -0.2) is 0 Å². The number of aryl methyl sites for hydroxylation is 1. The van der Waals surface area contributed by atoms with Crippen molar-refractivity contribution in [2.45, 2.75) is 44.7 Å². The maximum atomic E-state index is 11.2. The van der Waals surface area contributed by atoms with E-state index in [1.54, 1.807) is 7.11 Å². The van der Waals surface area contributed by atoms with Crippen molar-refractivity contribution in [3.05, 3.63) is 29.3 Å². The van der Waals surface area contributed by atoms with E-state index in [9.17, 15) is 9.90 Å². The minimum atomic E-state index is -0.766. The first-order chi connectivity index (χ1) is 9.15. The van der Waals surface area contributed by atoms with Gasteiger partial charge in [0.1, 0.15) is 11.8 Å². The predicted octanol–water partition coefficient (Wildman–Crippen LogP) is 2.53. The summed E-state index contributed by atoms with van der Waals surface area (Å²) in [5.74, 6) is 0.0630. The number of ether oxygens (including phenoxy) is 1. The van der Waals surface area contributed by atoms with Gasteiger partial charge in [-0.15, -0.1) is 0 Å². The number of nitrogens with one attached hydrogen (secondary N) is 1. The van der Waals surface area contributed by atoms with Gasteiger partial charge in [-0.1, -0.05) is 19.4 Å². The number of hydrogen-bond acceptors (Lipinski definition) is 3. The molecule has 0 fully saturated rings. The van der Waals surface area contributed by atoms with Crippen molar-refractivity contribution in [1.29, 1.82) is 0 Å². The smallest absolute Gasteiger partial charge is 0.320 e. The van der Waals surface area contributed by atoms with E-state index < -0.39 is 12.0 Å². The molecule has 4 heteroatoms. The monoisotopic (exact) mass is 263 g/mol. The second-order valence-corrected chi connectivity index (χ2v) is 5.00. The van der Waals surface area contributed by atoms with Crippen LogP contribution in [0.15, 0.2) is 18.2 Å². The van der Waals surface area contributed by atoms with Crippen LogP contribution in [0, 0.1) is 0 Å². The van der Waals surface area contributed by atoms with Gasteiger partial charge < -0.3 is 9.84 Å². The van der Waals surface area contributed by atoms with Gasteiger partial charge in [0.05, 0.1) is 7.11 Å².